The Hall–Kier alpha value is -3.03. The van der Waals surface area contributed by atoms with Crippen molar-refractivity contribution in [2.24, 2.45) is 23.2 Å². The fraction of sp³-hybridized carbons (Fsp3) is 0.500. The molecule has 3 aliphatic rings. The molecule has 1 aromatic rings. The van der Waals surface area contributed by atoms with Crippen LogP contribution in [0.3, 0.4) is 0 Å². The Balaban J connectivity index is 1.96. The zero-order chi connectivity index (χ0) is 27.1. The van der Waals surface area contributed by atoms with E-state index in [1.54, 1.807) is 19.1 Å². The summed E-state index contributed by atoms with van der Waals surface area (Å²) in [6.45, 7) is 8.20. The zero-order valence-electron chi connectivity index (χ0n) is 22.1. The number of ketones is 1. The van der Waals surface area contributed by atoms with E-state index in [0.29, 0.717) is 12.8 Å². The highest BCUT2D eigenvalue weighted by molar-refractivity contribution is 5.91. The Morgan fingerprint density at radius 2 is 1.81 bits per heavy atom. The normalized spacial score (nSPS) is 39.6. The molecule has 198 valence electrons. The van der Waals surface area contributed by atoms with Gasteiger partial charge in [0.05, 0.1) is 6.10 Å². The van der Waals surface area contributed by atoms with Crippen LogP contribution in [0.1, 0.15) is 46.6 Å². The first-order valence-electron chi connectivity index (χ1n) is 12.9. The second-order valence-corrected chi connectivity index (χ2v) is 11.0. The number of allylic oxidation sites excluding steroid dienone is 1. The molecule has 2 aliphatic carbocycles. The summed E-state index contributed by atoms with van der Waals surface area (Å²) in [7, 11) is 0. The van der Waals surface area contributed by atoms with Crippen LogP contribution in [0.5, 0.6) is 0 Å². The molecule has 1 unspecified atom stereocenters. The van der Waals surface area contributed by atoms with E-state index >= 15 is 0 Å². The van der Waals surface area contributed by atoms with Gasteiger partial charge in [-0.3, -0.25) is 14.4 Å². The molecule has 1 heterocycles. The van der Waals surface area contributed by atoms with Crippen molar-refractivity contribution in [1.82, 2.24) is 5.32 Å². The van der Waals surface area contributed by atoms with E-state index in [1.165, 1.54) is 26.0 Å². The van der Waals surface area contributed by atoms with Crippen molar-refractivity contribution in [3.05, 3.63) is 71.3 Å². The fourth-order valence-corrected chi connectivity index (χ4v) is 6.54. The number of esters is 1. The number of nitrogens with one attached hydrogen (secondary N) is 1. The number of aliphatic hydroxyl groups excluding tert-OH is 1. The minimum absolute atomic E-state index is 0.314. The van der Waals surface area contributed by atoms with Crippen molar-refractivity contribution in [2.45, 2.75) is 71.3 Å². The summed E-state index contributed by atoms with van der Waals surface area (Å²) in [4.78, 5) is 39.5. The Labute approximate surface area is 218 Å². The number of carbonyl (C=O) groups is 3. The van der Waals surface area contributed by atoms with Gasteiger partial charge in [-0.2, -0.15) is 0 Å². The second kappa shape index (κ2) is 10.0. The highest BCUT2D eigenvalue weighted by atomic mass is 16.5. The quantitative estimate of drug-likeness (QED) is 0.428. The average molecular weight is 508 g/mol. The van der Waals surface area contributed by atoms with Crippen molar-refractivity contribution >= 4 is 17.7 Å². The van der Waals surface area contributed by atoms with Gasteiger partial charge in [0.25, 0.3) is 0 Å². The highest BCUT2D eigenvalue weighted by Crippen LogP contribution is 2.57. The van der Waals surface area contributed by atoms with Crippen LogP contribution in [0.25, 0.3) is 0 Å². The maximum Gasteiger partial charge on any atom is 0.303 e. The van der Waals surface area contributed by atoms with E-state index in [4.69, 9.17) is 4.74 Å². The Morgan fingerprint density at radius 3 is 2.46 bits per heavy atom. The van der Waals surface area contributed by atoms with Gasteiger partial charge in [-0.25, -0.2) is 0 Å². The molecule has 0 bridgehead atoms. The van der Waals surface area contributed by atoms with Crippen molar-refractivity contribution in [1.29, 1.82) is 0 Å². The van der Waals surface area contributed by atoms with Gasteiger partial charge in [0, 0.05) is 30.7 Å². The topological polar surface area (TPSA) is 113 Å². The average Bonchev–Trinajstić information content (AvgIpc) is 3.13. The van der Waals surface area contributed by atoms with Crippen molar-refractivity contribution in [3.8, 4) is 0 Å². The molecule has 0 radical (unpaired) electrons. The number of benzene rings is 1. The first kappa shape index (κ1) is 27.0. The van der Waals surface area contributed by atoms with Crippen LogP contribution in [-0.2, 0) is 25.5 Å². The van der Waals surface area contributed by atoms with E-state index < -0.39 is 46.9 Å². The van der Waals surface area contributed by atoms with Gasteiger partial charge in [-0.15, -0.1) is 0 Å². The molecule has 1 fully saturated rings. The highest BCUT2D eigenvalue weighted by Gasteiger charge is 2.67. The Bertz CT molecular complexity index is 1170. The first-order valence-corrected chi connectivity index (χ1v) is 12.9. The standard InChI is InChI=1S/C30H37NO6/c1-17-10-9-13-22-26(33)19(3)18(2)25-23(16-21-11-7-6-8-12-21)31-28(35)30(22,25)24(37-20(4)32)14-15-29(5,36)27(17)34/h6-9,11-15,17,22-26,33,36H,10,16H2,1-5H3,(H,31,35)/b13-9-,15-14-/t17-,22+,23+,24+,25?,26-,29-,30-/m1/s1. The van der Waals surface area contributed by atoms with E-state index in [-0.39, 0.29) is 17.7 Å². The van der Waals surface area contributed by atoms with Crippen LogP contribution in [0, 0.1) is 23.2 Å². The third-order valence-corrected chi connectivity index (χ3v) is 8.49. The predicted molar refractivity (Wildman–Crippen MR) is 139 cm³/mol. The third kappa shape index (κ3) is 4.59. The summed E-state index contributed by atoms with van der Waals surface area (Å²) in [6.07, 6.45) is 5.17. The molecule has 1 amide bonds. The number of hydrogen-bond donors (Lipinski definition) is 3. The van der Waals surface area contributed by atoms with E-state index in [9.17, 15) is 24.6 Å². The van der Waals surface area contributed by atoms with Crippen LogP contribution < -0.4 is 5.32 Å². The number of aliphatic hydroxyl groups is 2. The van der Waals surface area contributed by atoms with E-state index in [1.807, 2.05) is 44.2 Å². The zero-order valence-corrected chi connectivity index (χ0v) is 22.1. The van der Waals surface area contributed by atoms with E-state index in [0.717, 1.165) is 16.7 Å². The summed E-state index contributed by atoms with van der Waals surface area (Å²) < 4.78 is 5.82. The molecule has 1 aliphatic heterocycles. The molecule has 0 saturated carbocycles. The molecular formula is C30H37NO6. The van der Waals surface area contributed by atoms with Crippen LogP contribution in [-0.4, -0.2) is 51.7 Å². The number of carbonyl (C=O) groups excluding carboxylic acids is 3. The lowest BCUT2D eigenvalue weighted by Gasteiger charge is -2.49. The van der Waals surface area contributed by atoms with Crippen LogP contribution >= 0.6 is 0 Å². The Morgan fingerprint density at radius 1 is 1.14 bits per heavy atom. The maximum absolute atomic E-state index is 14.2. The van der Waals surface area contributed by atoms with Gasteiger partial charge in [0.1, 0.15) is 17.1 Å². The molecule has 7 nitrogen and oxygen atoms in total. The van der Waals surface area contributed by atoms with Crippen molar-refractivity contribution in [3.63, 3.8) is 0 Å². The predicted octanol–water partition coefficient (Wildman–Crippen LogP) is 3.06. The lowest BCUT2D eigenvalue weighted by molar-refractivity contribution is -0.161. The number of ether oxygens (including phenoxy) is 1. The molecule has 1 saturated heterocycles. The molecule has 1 aromatic carbocycles. The molecule has 7 heteroatoms. The lowest BCUT2D eigenvalue weighted by Crippen LogP contribution is -2.58. The first-order chi connectivity index (χ1) is 17.4. The second-order valence-electron chi connectivity index (χ2n) is 11.0. The van der Waals surface area contributed by atoms with Crippen LogP contribution in [0.4, 0.5) is 0 Å². The summed E-state index contributed by atoms with van der Waals surface area (Å²) in [5.74, 6) is -2.92. The van der Waals surface area contributed by atoms with Crippen LogP contribution in [0.15, 0.2) is 65.8 Å². The summed E-state index contributed by atoms with van der Waals surface area (Å²) >= 11 is 0. The third-order valence-electron chi connectivity index (χ3n) is 8.49. The SMILES string of the molecule is CC(=O)O[C@H]1/C=C\[C@@](C)(O)C(=O)[C@H](C)C/C=C\[C@H]2[C@H](O)C(C)=C(C)C3[C@H](Cc4ccccc4)NC(=O)[C@@]312. The van der Waals surface area contributed by atoms with E-state index in [2.05, 4.69) is 5.32 Å². The van der Waals surface area contributed by atoms with Gasteiger partial charge in [0.2, 0.25) is 5.91 Å². The monoisotopic (exact) mass is 507 g/mol. The van der Waals surface area contributed by atoms with Gasteiger partial charge in [-0.05, 0) is 56.9 Å². The summed E-state index contributed by atoms with van der Waals surface area (Å²) in [5, 5.41) is 25.7. The number of amides is 1. The fourth-order valence-electron chi connectivity index (χ4n) is 6.54. The van der Waals surface area contributed by atoms with Gasteiger partial charge in [0.15, 0.2) is 5.78 Å². The summed E-state index contributed by atoms with van der Waals surface area (Å²) in [6, 6.07) is 9.52. The minimum Gasteiger partial charge on any atom is -0.457 e. The minimum atomic E-state index is -1.82. The van der Waals surface area contributed by atoms with Gasteiger partial charge >= 0.3 is 5.97 Å². The number of Topliss-reactive ketones (excluding diaryl/α,β-unsaturated/α-hetero) is 1. The lowest BCUT2D eigenvalue weighted by atomic mass is 9.54. The number of rotatable bonds is 3. The van der Waals surface area contributed by atoms with Gasteiger partial charge in [-0.1, -0.05) is 55.0 Å². The molecule has 3 N–H and O–H groups in total. The Kier molecular flexibility index (Phi) is 7.32. The van der Waals surface area contributed by atoms with Crippen molar-refractivity contribution < 1.29 is 29.3 Å². The molecule has 0 aromatic heterocycles. The van der Waals surface area contributed by atoms with Crippen LogP contribution in [0.2, 0.25) is 0 Å². The molecule has 4 rings (SSSR count). The molecule has 1 spiro atoms. The molecule has 37 heavy (non-hydrogen) atoms. The number of hydrogen-bond acceptors (Lipinski definition) is 6. The smallest absolute Gasteiger partial charge is 0.303 e. The van der Waals surface area contributed by atoms with Gasteiger partial charge < -0.3 is 20.3 Å². The largest absolute Gasteiger partial charge is 0.457 e. The molecular weight excluding hydrogens is 470 g/mol. The van der Waals surface area contributed by atoms with Crippen molar-refractivity contribution in [2.75, 3.05) is 0 Å². The summed E-state index contributed by atoms with van der Waals surface area (Å²) in [5.41, 5.74) is -0.500. The maximum atomic E-state index is 14.2. The molecule has 8 atom stereocenters.